The monoisotopic (exact) mass is 261 g/mol. The second-order valence-corrected chi connectivity index (χ2v) is 3.74. The number of carbonyl (C=O) groups is 1. The van der Waals surface area contributed by atoms with Gasteiger partial charge in [0.15, 0.2) is 17.9 Å². The van der Waals surface area contributed by atoms with Crippen LogP contribution in [-0.2, 0) is 9.47 Å². The number of methoxy groups -OCH3 is 2. The van der Waals surface area contributed by atoms with Crippen molar-refractivity contribution in [3.05, 3.63) is 28.8 Å². The molecule has 0 spiro atoms. The van der Waals surface area contributed by atoms with Crippen molar-refractivity contribution in [1.82, 2.24) is 4.98 Å². The summed E-state index contributed by atoms with van der Waals surface area (Å²) in [6, 6.07) is 1.22. The van der Waals surface area contributed by atoms with Crippen LogP contribution < -0.4 is 0 Å². The summed E-state index contributed by atoms with van der Waals surface area (Å²) in [6.07, 6.45) is 0.924. The lowest BCUT2D eigenvalue weighted by Gasteiger charge is -2.12. The third-order valence-corrected chi connectivity index (χ3v) is 2.46. The van der Waals surface area contributed by atoms with Crippen LogP contribution in [0.15, 0.2) is 12.3 Å². The zero-order valence-electron chi connectivity index (χ0n) is 9.57. The molecule has 0 unspecified atom stereocenters. The minimum absolute atomic E-state index is 0.0593. The van der Waals surface area contributed by atoms with Gasteiger partial charge in [-0.3, -0.25) is 4.79 Å². The molecule has 0 atom stereocenters. The number of carbonyl (C=O) groups excluding carboxylic acids is 1. The van der Waals surface area contributed by atoms with Crippen molar-refractivity contribution in [2.45, 2.75) is 19.1 Å². The highest BCUT2D eigenvalue weighted by Crippen LogP contribution is 2.15. The summed E-state index contributed by atoms with van der Waals surface area (Å²) in [4.78, 5) is 15.3. The Kier molecular flexibility index (Phi) is 5.47. The van der Waals surface area contributed by atoms with Crippen LogP contribution in [0.1, 0.15) is 23.2 Å². The molecule has 0 radical (unpaired) electrons. The van der Waals surface area contributed by atoms with Crippen molar-refractivity contribution in [3.8, 4) is 0 Å². The van der Waals surface area contributed by atoms with Crippen LogP contribution >= 0.6 is 11.6 Å². The molecule has 0 saturated heterocycles. The lowest BCUT2D eigenvalue weighted by molar-refractivity contribution is -0.105. The number of Topliss-reactive ketones (excluding diaryl/α,β-unsaturated/α-hetero) is 1. The summed E-state index contributed by atoms with van der Waals surface area (Å²) >= 11 is 5.60. The number of hydrogen-bond donors (Lipinski definition) is 0. The molecule has 17 heavy (non-hydrogen) atoms. The smallest absolute Gasteiger partial charge is 0.166 e. The van der Waals surface area contributed by atoms with Gasteiger partial charge in [0.05, 0.1) is 11.8 Å². The average molecular weight is 262 g/mol. The molecule has 0 saturated carbocycles. The lowest BCUT2D eigenvalue weighted by atomic mass is 10.1. The van der Waals surface area contributed by atoms with E-state index in [0.717, 1.165) is 6.20 Å². The summed E-state index contributed by atoms with van der Waals surface area (Å²) in [5, 5.41) is 0.0878. The Bertz CT molecular complexity index is 396. The quantitative estimate of drug-likeness (QED) is 0.448. The van der Waals surface area contributed by atoms with Crippen LogP contribution in [0.25, 0.3) is 0 Å². The molecule has 6 heteroatoms. The number of rotatable bonds is 6. The van der Waals surface area contributed by atoms with E-state index in [2.05, 4.69) is 4.98 Å². The Morgan fingerprint density at radius 3 is 2.76 bits per heavy atom. The van der Waals surface area contributed by atoms with Gasteiger partial charge in [0.25, 0.3) is 0 Å². The van der Waals surface area contributed by atoms with E-state index in [1.807, 2.05) is 0 Å². The third kappa shape index (κ3) is 4.03. The Hall–Kier alpha value is -1.04. The largest absolute Gasteiger partial charge is 0.356 e. The number of hydrogen-bond acceptors (Lipinski definition) is 4. The van der Waals surface area contributed by atoms with Gasteiger partial charge in [-0.15, -0.1) is 0 Å². The minimum atomic E-state index is -0.675. The molecule has 0 fully saturated rings. The predicted molar refractivity (Wildman–Crippen MR) is 60.6 cm³/mol. The van der Waals surface area contributed by atoms with E-state index in [-0.39, 0.29) is 22.9 Å². The molecule has 0 amide bonds. The van der Waals surface area contributed by atoms with Gasteiger partial charge in [0.1, 0.15) is 5.15 Å². The van der Waals surface area contributed by atoms with E-state index in [9.17, 15) is 9.18 Å². The fourth-order valence-corrected chi connectivity index (χ4v) is 1.50. The van der Waals surface area contributed by atoms with Crippen molar-refractivity contribution in [1.29, 1.82) is 0 Å². The molecule has 4 nitrogen and oxygen atoms in total. The third-order valence-electron chi connectivity index (χ3n) is 2.26. The molecular formula is C11H13ClFNO3. The molecule has 0 aromatic carbocycles. The van der Waals surface area contributed by atoms with Crippen molar-refractivity contribution in [2.75, 3.05) is 14.2 Å². The maximum Gasteiger partial charge on any atom is 0.166 e. The summed E-state index contributed by atoms with van der Waals surface area (Å²) < 4.78 is 23.2. The number of ether oxygens (including phenoxy) is 2. The maximum atomic E-state index is 13.3. The zero-order valence-corrected chi connectivity index (χ0v) is 10.3. The minimum Gasteiger partial charge on any atom is -0.356 e. The van der Waals surface area contributed by atoms with Gasteiger partial charge in [0.2, 0.25) is 0 Å². The fourth-order valence-electron chi connectivity index (χ4n) is 1.34. The van der Waals surface area contributed by atoms with E-state index >= 15 is 0 Å². The molecule has 94 valence electrons. The molecule has 0 aliphatic rings. The lowest BCUT2D eigenvalue weighted by Crippen LogP contribution is -2.15. The highest BCUT2D eigenvalue weighted by molar-refractivity contribution is 6.29. The Labute approximate surface area is 104 Å². The second kappa shape index (κ2) is 6.64. The summed E-state index contributed by atoms with van der Waals surface area (Å²) in [5.41, 5.74) is -0.0593. The van der Waals surface area contributed by atoms with Gasteiger partial charge < -0.3 is 9.47 Å². The number of pyridine rings is 1. The molecule has 0 bridgehead atoms. The summed E-state index contributed by atoms with van der Waals surface area (Å²) in [6.45, 7) is 0. The number of aromatic nitrogens is 1. The van der Waals surface area contributed by atoms with Gasteiger partial charge in [-0.05, 0) is 6.07 Å². The van der Waals surface area contributed by atoms with E-state index in [1.165, 1.54) is 20.3 Å². The second-order valence-electron chi connectivity index (χ2n) is 3.35. The molecule has 0 N–H and O–H groups in total. The molecule has 1 heterocycles. The molecule has 0 aliphatic carbocycles. The van der Waals surface area contributed by atoms with Crippen LogP contribution in [0.4, 0.5) is 4.39 Å². The topological polar surface area (TPSA) is 48.4 Å². The molecule has 1 aromatic rings. The average Bonchev–Trinajstić information content (AvgIpc) is 2.33. The first-order valence-corrected chi connectivity index (χ1v) is 5.36. The van der Waals surface area contributed by atoms with E-state index in [0.29, 0.717) is 6.42 Å². The SMILES string of the molecule is COC(CCC(=O)c1cc(Cl)ncc1F)OC. The van der Waals surface area contributed by atoms with Crippen molar-refractivity contribution >= 4 is 17.4 Å². The Morgan fingerprint density at radius 2 is 2.18 bits per heavy atom. The van der Waals surface area contributed by atoms with Gasteiger partial charge in [0, 0.05) is 27.1 Å². The zero-order chi connectivity index (χ0) is 12.8. The van der Waals surface area contributed by atoms with Crippen LogP contribution in [0.3, 0.4) is 0 Å². The van der Waals surface area contributed by atoms with Crippen LogP contribution in [0.5, 0.6) is 0 Å². The van der Waals surface area contributed by atoms with Gasteiger partial charge in [-0.1, -0.05) is 11.6 Å². The maximum absolute atomic E-state index is 13.3. The number of nitrogens with zero attached hydrogens (tertiary/aromatic N) is 1. The van der Waals surface area contributed by atoms with E-state index in [4.69, 9.17) is 21.1 Å². The summed E-state index contributed by atoms with van der Waals surface area (Å²) in [7, 11) is 2.95. The van der Waals surface area contributed by atoms with Crippen molar-refractivity contribution in [2.24, 2.45) is 0 Å². The van der Waals surface area contributed by atoms with Gasteiger partial charge in [-0.2, -0.15) is 0 Å². The van der Waals surface area contributed by atoms with Crippen LogP contribution in [0.2, 0.25) is 5.15 Å². The standard InChI is InChI=1S/C11H13ClFNO3/c1-16-11(17-2)4-3-9(15)7-5-10(12)14-6-8(7)13/h5-6,11H,3-4H2,1-2H3. The molecule has 0 aliphatic heterocycles. The van der Waals surface area contributed by atoms with Crippen LogP contribution in [-0.4, -0.2) is 31.3 Å². The number of ketones is 1. The van der Waals surface area contributed by atoms with Gasteiger partial charge in [-0.25, -0.2) is 9.37 Å². The molecule has 1 rings (SSSR count). The highest BCUT2D eigenvalue weighted by Gasteiger charge is 2.15. The van der Waals surface area contributed by atoms with Crippen molar-refractivity contribution < 1.29 is 18.7 Å². The van der Waals surface area contributed by atoms with E-state index < -0.39 is 12.1 Å². The van der Waals surface area contributed by atoms with Crippen molar-refractivity contribution in [3.63, 3.8) is 0 Å². The Balaban J connectivity index is 2.66. The first-order valence-electron chi connectivity index (χ1n) is 4.98. The van der Waals surface area contributed by atoms with Gasteiger partial charge >= 0.3 is 0 Å². The van der Waals surface area contributed by atoms with E-state index in [1.54, 1.807) is 0 Å². The first-order chi connectivity index (χ1) is 8.08. The molecule has 1 aromatic heterocycles. The Morgan fingerprint density at radius 1 is 1.53 bits per heavy atom. The number of halogens is 2. The fraction of sp³-hybridized carbons (Fsp3) is 0.455. The predicted octanol–water partition coefficient (Wildman–Crippen LogP) is 2.46. The normalized spacial score (nSPS) is 10.9. The van der Waals surface area contributed by atoms with Crippen LogP contribution in [0, 0.1) is 5.82 Å². The highest BCUT2D eigenvalue weighted by atomic mass is 35.5. The summed E-state index contributed by atoms with van der Waals surface area (Å²) in [5.74, 6) is -1.03. The first kappa shape index (κ1) is 14.0. The molecular weight excluding hydrogens is 249 g/mol.